The first-order chi connectivity index (χ1) is 8.17. The maximum atomic E-state index is 11.6. The van der Waals surface area contributed by atoms with E-state index in [4.69, 9.17) is 21.1 Å². The lowest BCUT2D eigenvalue weighted by Crippen LogP contribution is -2.29. The molecular weight excluding hydrogens is 242 g/mol. The summed E-state index contributed by atoms with van der Waals surface area (Å²) in [5.74, 6) is 0.123. The molecule has 0 aliphatic rings. The Bertz CT molecular complexity index is 371. The second-order valence-electron chi connectivity index (χ2n) is 3.49. The first-order valence-electron chi connectivity index (χ1n) is 5.61. The van der Waals surface area contributed by atoms with Crippen molar-refractivity contribution in [3.63, 3.8) is 0 Å². The molecule has 1 aromatic heterocycles. The lowest BCUT2D eigenvalue weighted by molar-refractivity contribution is -0.151. The van der Waals surface area contributed by atoms with Crippen LogP contribution >= 0.6 is 11.6 Å². The van der Waals surface area contributed by atoms with Gasteiger partial charge in [-0.2, -0.15) is 0 Å². The number of rotatable bonds is 6. The Hall–Kier alpha value is -1.29. The van der Waals surface area contributed by atoms with Crippen LogP contribution < -0.4 is 4.74 Å². The highest BCUT2D eigenvalue weighted by atomic mass is 35.5. The topological polar surface area (TPSA) is 48.4 Å². The van der Waals surface area contributed by atoms with Gasteiger partial charge in [-0.15, -0.1) is 0 Å². The SMILES string of the molecule is CCCC(Oc1cncc(Cl)c1)C(=O)OCC. The van der Waals surface area contributed by atoms with Gasteiger partial charge in [-0.25, -0.2) is 4.79 Å². The van der Waals surface area contributed by atoms with Gasteiger partial charge in [0.15, 0.2) is 6.10 Å². The van der Waals surface area contributed by atoms with Gasteiger partial charge in [0.25, 0.3) is 0 Å². The van der Waals surface area contributed by atoms with E-state index in [1.807, 2.05) is 6.92 Å². The van der Waals surface area contributed by atoms with Gasteiger partial charge in [0.2, 0.25) is 0 Å². The third-order valence-electron chi connectivity index (χ3n) is 2.06. The summed E-state index contributed by atoms with van der Waals surface area (Å²) < 4.78 is 10.5. The smallest absolute Gasteiger partial charge is 0.347 e. The zero-order valence-corrected chi connectivity index (χ0v) is 10.7. The van der Waals surface area contributed by atoms with Crippen LogP contribution in [0, 0.1) is 0 Å². The molecule has 0 saturated carbocycles. The number of aromatic nitrogens is 1. The van der Waals surface area contributed by atoms with Crippen molar-refractivity contribution in [1.29, 1.82) is 0 Å². The van der Waals surface area contributed by atoms with Gasteiger partial charge in [0.05, 0.1) is 17.8 Å². The maximum Gasteiger partial charge on any atom is 0.347 e. The zero-order chi connectivity index (χ0) is 12.7. The predicted molar refractivity (Wildman–Crippen MR) is 65.2 cm³/mol. The van der Waals surface area contributed by atoms with Crippen LogP contribution in [0.3, 0.4) is 0 Å². The highest BCUT2D eigenvalue weighted by Crippen LogP contribution is 2.18. The highest BCUT2D eigenvalue weighted by molar-refractivity contribution is 6.30. The van der Waals surface area contributed by atoms with E-state index in [0.29, 0.717) is 23.8 Å². The van der Waals surface area contributed by atoms with Gasteiger partial charge in [-0.1, -0.05) is 24.9 Å². The number of carbonyl (C=O) groups is 1. The van der Waals surface area contributed by atoms with E-state index in [9.17, 15) is 4.79 Å². The van der Waals surface area contributed by atoms with E-state index < -0.39 is 6.10 Å². The summed E-state index contributed by atoms with van der Waals surface area (Å²) in [4.78, 5) is 15.5. The minimum Gasteiger partial charge on any atom is -0.477 e. The van der Waals surface area contributed by atoms with Crippen molar-refractivity contribution < 1.29 is 14.3 Å². The van der Waals surface area contributed by atoms with Gasteiger partial charge in [-0.3, -0.25) is 4.98 Å². The fourth-order valence-electron chi connectivity index (χ4n) is 1.34. The molecule has 0 aliphatic carbocycles. The van der Waals surface area contributed by atoms with Gasteiger partial charge in [0, 0.05) is 12.3 Å². The van der Waals surface area contributed by atoms with E-state index in [0.717, 1.165) is 6.42 Å². The van der Waals surface area contributed by atoms with E-state index in [1.165, 1.54) is 12.4 Å². The molecule has 5 heteroatoms. The van der Waals surface area contributed by atoms with Crippen LogP contribution in [-0.4, -0.2) is 23.7 Å². The number of esters is 1. The van der Waals surface area contributed by atoms with Crippen molar-refractivity contribution in [2.45, 2.75) is 32.8 Å². The largest absolute Gasteiger partial charge is 0.477 e. The molecule has 1 heterocycles. The Morgan fingerprint density at radius 3 is 2.82 bits per heavy atom. The maximum absolute atomic E-state index is 11.6. The molecule has 1 unspecified atom stereocenters. The van der Waals surface area contributed by atoms with Crippen LogP contribution in [0.1, 0.15) is 26.7 Å². The number of nitrogens with zero attached hydrogens (tertiary/aromatic N) is 1. The zero-order valence-electron chi connectivity index (χ0n) is 9.98. The van der Waals surface area contributed by atoms with Gasteiger partial charge in [-0.05, 0) is 13.3 Å². The molecule has 4 nitrogen and oxygen atoms in total. The molecule has 1 aromatic rings. The summed E-state index contributed by atoms with van der Waals surface area (Å²) in [7, 11) is 0. The molecule has 0 fully saturated rings. The molecule has 0 N–H and O–H groups in total. The molecule has 0 bridgehead atoms. The fraction of sp³-hybridized carbons (Fsp3) is 0.500. The number of hydrogen-bond donors (Lipinski definition) is 0. The molecule has 0 saturated heterocycles. The third kappa shape index (κ3) is 4.61. The summed E-state index contributed by atoms with van der Waals surface area (Å²) in [5.41, 5.74) is 0. The van der Waals surface area contributed by atoms with Crippen molar-refractivity contribution in [3.05, 3.63) is 23.5 Å². The Morgan fingerprint density at radius 1 is 1.47 bits per heavy atom. The van der Waals surface area contributed by atoms with Crippen LogP contribution in [0.2, 0.25) is 5.02 Å². The van der Waals surface area contributed by atoms with Crippen LogP contribution in [0.15, 0.2) is 18.5 Å². The Balaban J connectivity index is 2.69. The van der Waals surface area contributed by atoms with Crippen molar-refractivity contribution >= 4 is 17.6 Å². The Morgan fingerprint density at radius 2 is 2.24 bits per heavy atom. The molecule has 0 radical (unpaired) electrons. The van der Waals surface area contributed by atoms with Crippen LogP contribution in [0.25, 0.3) is 0 Å². The van der Waals surface area contributed by atoms with Crippen molar-refractivity contribution in [2.75, 3.05) is 6.61 Å². The van der Waals surface area contributed by atoms with Gasteiger partial charge < -0.3 is 9.47 Å². The van der Waals surface area contributed by atoms with Crippen molar-refractivity contribution in [3.8, 4) is 5.75 Å². The predicted octanol–water partition coefficient (Wildman–Crippen LogP) is 2.85. The molecule has 0 aliphatic heterocycles. The fourth-order valence-corrected chi connectivity index (χ4v) is 1.51. The van der Waals surface area contributed by atoms with E-state index >= 15 is 0 Å². The first-order valence-corrected chi connectivity index (χ1v) is 5.99. The number of ether oxygens (including phenoxy) is 2. The summed E-state index contributed by atoms with van der Waals surface area (Å²) in [6.45, 7) is 4.09. The minimum atomic E-state index is -0.597. The summed E-state index contributed by atoms with van der Waals surface area (Å²) in [6, 6.07) is 1.62. The molecular formula is C12H16ClNO3. The van der Waals surface area contributed by atoms with Gasteiger partial charge in [0.1, 0.15) is 5.75 Å². The van der Waals surface area contributed by atoms with E-state index in [2.05, 4.69) is 4.98 Å². The molecule has 0 aromatic carbocycles. The first kappa shape index (κ1) is 13.8. The minimum absolute atomic E-state index is 0.343. The molecule has 0 amide bonds. The van der Waals surface area contributed by atoms with E-state index in [-0.39, 0.29) is 5.97 Å². The molecule has 0 spiro atoms. The number of carbonyl (C=O) groups excluding carboxylic acids is 1. The lowest BCUT2D eigenvalue weighted by Gasteiger charge is -2.16. The molecule has 17 heavy (non-hydrogen) atoms. The van der Waals surface area contributed by atoms with Crippen LogP contribution in [0.4, 0.5) is 0 Å². The standard InChI is InChI=1S/C12H16ClNO3/c1-3-5-11(12(15)16-4-2)17-10-6-9(13)7-14-8-10/h6-8,11H,3-5H2,1-2H3. The summed E-state index contributed by atoms with van der Waals surface area (Å²) in [6.07, 6.45) is 3.87. The average molecular weight is 258 g/mol. The summed E-state index contributed by atoms with van der Waals surface area (Å²) in [5, 5.41) is 0.474. The third-order valence-corrected chi connectivity index (χ3v) is 2.27. The van der Waals surface area contributed by atoms with Crippen molar-refractivity contribution in [2.24, 2.45) is 0 Å². The highest BCUT2D eigenvalue weighted by Gasteiger charge is 2.20. The summed E-state index contributed by atoms with van der Waals surface area (Å²) >= 11 is 5.79. The van der Waals surface area contributed by atoms with Crippen LogP contribution in [-0.2, 0) is 9.53 Å². The molecule has 94 valence electrons. The second-order valence-corrected chi connectivity index (χ2v) is 3.92. The van der Waals surface area contributed by atoms with Crippen molar-refractivity contribution in [1.82, 2.24) is 4.98 Å². The molecule has 1 atom stereocenters. The number of halogens is 1. The lowest BCUT2D eigenvalue weighted by atomic mass is 10.2. The quantitative estimate of drug-likeness (QED) is 0.736. The average Bonchev–Trinajstić information content (AvgIpc) is 2.29. The number of pyridine rings is 1. The second kappa shape index (κ2) is 7.12. The Kier molecular flexibility index (Phi) is 5.77. The monoisotopic (exact) mass is 257 g/mol. The normalized spacial score (nSPS) is 11.9. The molecule has 1 rings (SSSR count). The Labute approximate surface area is 106 Å². The van der Waals surface area contributed by atoms with Crippen LogP contribution in [0.5, 0.6) is 5.75 Å². The van der Waals surface area contributed by atoms with Gasteiger partial charge >= 0.3 is 5.97 Å². The number of hydrogen-bond acceptors (Lipinski definition) is 4. The van der Waals surface area contributed by atoms with E-state index in [1.54, 1.807) is 13.0 Å².